The molecule has 2 heterocycles. The predicted molar refractivity (Wildman–Crippen MR) is 97.1 cm³/mol. The highest BCUT2D eigenvalue weighted by Gasteiger charge is 2.16. The molecule has 1 aromatic carbocycles. The molecule has 3 aromatic rings. The minimum atomic E-state index is 0.0141. The van der Waals surface area contributed by atoms with Crippen molar-refractivity contribution in [1.82, 2.24) is 19.7 Å². The Morgan fingerprint density at radius 2 is 2.21 bits per heavy atom. The van der Waals surface area contributed by atoms with Crippen molar-refractivity contribution in [3.8, 4) is 0 Å². The Hall–Kier alpha value is -2.12. The Kier molecular flexibility index (Phi) is 5.32. The van der Waals surface area contributed by atoms with Crippen LogP contribution in [0.4, 0.5) is 0 Å². The summed E-state index contributed by atoms with van der Waals surface area (Å²) in [5.41, 5.74) is 4.61. The molecule has 0 bridgehead atoms. The van der Waals surface area contributed by atoms with Gasteiger partial charge in [0, 0.05) is 48.4 Å². The molecule has 2 aromatic heterocycles. The highest BCUT2D eigenvalue weighted by atomic mass is 32.2. The zero-order chi connectivity index (χ0) is 16.9. The molecule has 0 spiro atoms. The van der Waals surface area contributed by atoms with E-state index in [1.807, 2.05) is 55.4 Å². The van der Waals surface area contributed by atoms with Gasteiger partial charge in [-0.1, -0.05) is 12.1 Å². The van der Waals surface area contributed by atoms with Crippen LogP contribution in [0.15, 0.2) is 52.4 Å². The zero-order valence-corrected chi connectivity index (χ0v) is 15.2. The Labute approximate surface area is 149 Å². The third-order valence-electron chi connectivity index (χ3n) is 3.50. The van der Waals surface area contributed by atoms with Crippen molar-refractivity contribution >= 4 is 29.0 Å². The third kappa shape index (κ3) is 4.04. The van der Waals surface area contributed by atoms with Gasteiger partial charge in [0.2, 0.25) is 0 Å². The smallest absolute Gasteiger partial charge is 0.255 e. The van der Waals surface area contributed by atoms with Crippen LogP contribution in [0.2, 0.25) is 0 Å². The molecule has 0 aliphatic heterocycles. The lowest BCUT2D eigenvalue weighted by Crippen LogP contribution is -2.26. The Morgan fingerprint density at radius 1 is 1.38 bits per heavy atom. The number of amides is 1. The monoisotopic (exact) mass is 358 g/mol. The molecule has 7 heteroatoms. The lowest BCUT2D eigenvalue weighted by Gasteiger charge is -2.18. The molecule has 1 amide bonds. The second-order valence-electron chi connectivity index (χ2n) is 5.45. The van der Waals surface area contributed by atoms with Gasteiger partial charge in [-0.05, 0) is 12.1 Å². The summed E-state index contributed by atoms with van der Waals surface area (Å²) in [7, 11) is 3.69. The van der Waals surface area contributed by atoms with Gasteiger partial charge in [0.05, 0.1) is 23.0 Å². The fourth-order valence-electron chi connectivity index (χ4n) is 2.33. The van der Waals surface area contributed by atoms with E-state index in [0.717, 1.165) is 27.5 Å². The van der Waals surface area contributed by atoms with E-state index < -0.39 is 0 Å². The summed E-state index contributed by atoms with van der Waals surface area (Å²) in [5.74, 6) is 0.778. The number of aryl methyl sites for hydroxylation is 1. The average Bonchev–Trinajstić information content (AvgIpc) is 3.24. The van der Waals surface area contributed by atoms with E-state index in [9.17, 15) is 4.79 Å². The van der Waals surface area contributed by atoms with Crippen LogP contribution in [0, 0.1) is 0 Å². The summed E-state index contributed by atoms with van der Waals surface area (Å²) in [6.07, 6.45) is 3.71. The molecule has 0 aliphatic rings. The van der Waals surface area contributed by atoms with Gasteiger partial charge >= 0.3 is 0 Å². The first-order chi connectivity index (χ1) is 11.6. The van der Waals surface area contributed by atoms with E-state index in [1.54, 1.807) is 38.9 Å². The molecule has 24 heavy (non-hydrogen) atoms. The second-order valence-corrected chi connectivity index (χ2v) is 7.18. The Morgan fingerprint density at radius 3 is 2.92 bits per heavy atom. The van der Waals surface area contributed by atoms with Crippen molar-refractivity contribution in [3.05, 3.63) is 64.4 Å². The van der Waals surface area contributed by atoms with E-state index in [-0.39, 0.29) is 5.91 Å². The SMILES string of the molecule is CN(Cc1cnn(C)c1)C(=O)c1ccccc1SCc1cscn1. The standard InChI is InChI=1S/C17H18N4OS2/c1-20(8-13-7-19-21(2)9-13)17(22)15-5-3-4-6-16(15)24-11-14-10-23-12-18-14/h3-7,9-10,12H,8,11H2,1-2H3. The highest BCUT2D eigenvalue weighted by Crippen LogP contribution is 2.27. The van der Waals surface area contributed by atoms with Gasteiger partial charge in [0.15, 0.2) is 0 Å². The van der Waals surface area contributed by atoms with Crippen LogP contribution >= 0.6 is 23.1 Å². The summed E-state index contributed by atoms with van der Waals surface area (Å²) < 4.78 is 1.74. The fraction of sp³-hybridized carbons (Fsp3) is 0.235. The minimum absolute atomic E-state index is 0.0141. The summed E-state index contributed by atoms with van der Waals surface area (Å²) in [6.45, 7) is 0.539. The molecule has 0 fully saturated rings. The summed E-state index contributed by atoms with van der Waals surface area (Å²) in [6, 6.07) is 7.73. The van der Waals surface area contributed by atoms with E-state index in [0.29, 0.717) is 6.54 Å². The Bertz CT molecular complexity index is 814. The highest BCUT2D eigenvalue weighted by molar-refractivity contribution is 7.98. The van der Waals surface area contributed by atoms with Crippen LogP contribution in [0.3, 0.4) is 0 Å². The molecular formula is C17H18N4OS2. The van der Waals surface area contributed by atoms with Crippen molar-refractivity contribution < 1.29 is 4.79 Å². The van der Waals surface area contributed by atoms with E-state index >= 15 is 0 Å². The van der Waals surface area contributed by atoms with Crippen LogP contribution < -0.4 is 0 Å². The number of nitrogens with zero attached hydrogens (tertiary/aromatic N) is 4. The minimum Gasteiger partial charge on any atom is -0.337 e. The number of carbonyl (C=O) groups is 1. The number of hydrogen-bond donors (Lipinski definition) is 0. The number of benzene rings is 1. The summed E-state index contributed by atoms with van der Waals surface area (Å²) in [4.78, 5) is 19.8. The number of thioether (sulfide) groups is 1. The number of aromatic nitrogens is 3. The molecule has 0 radical (unpaired) electrons. The second kappa shape index (κ2) is 7.63. The van der Waals surface area contributed by atoms with Gasteiger partial charge in [-0.2, -0.15) is 5.10 Å². The van der Waals surface area contributed by atoms with E-state index in [1.165, 1.54) is 0 Å². The van der Waals surface area contributed by atoms with Gasteiger partial charge in [-0.25, -0.2) is 4.98 Å². The predicted octanol–water partition coefficient (Wildman–Crippen LogP) is 3.44. The molecule has 0 saturated heterocycles. The zero-order valence-electron chi connectivity index (χ0n) is 13.5. The molecule has 0 aliphatic carbocycles. The number of thiazole rings is 1. The van der Waals surface area contributed by atoms with Crippen LogP contribution in [-0.4, -0.2) is 32.6 Å². The van der Waals surface area contributed by atoms with Crippen LogP contribution in [-0.2, 0) is 19.3 Å². The quantitative estimate of drug-likeness (QED) is 0.634. The Balaban J connectivity index is 1.71. The van der Waals surface area contributed by atoms with Crippen LogP contribution in [0.5, 0.6) is 0 Å². The van der Waals surface area contributed by atoms with Crippen LogP contribution in [0.25, 0.3) is 0 Å². The largest absolute Gasteiger partial charge is 0.337 e. The lowest BCUT2D eigenvalue weighted by atomic mass is 10.2. The van der Waals surface area contributed by atoms with Crippen LogP contribution in [0.1, 0.15) is 21.6 Å². The van der Waals surface area contributed by atoms with Crippen molar-refractivity contribution in [3.63, 3.8) is 0 Å². The first-order valence-corrected chi connectivity index (χ1v) is 9.38. The number of carbonyl (C=O) groups excluding carboxylic acids is 1. The molecule has 124 valence electrons. The van der Waals surface area contributed by atoms with E-state index in [4.69, 9.17) is 0 Å². The summed E-state index contributed by atoms with van der Waals surface area (Å²) in [5, 5.41) is 6.18. The molecular weight excluding hydrogens is 340 g/mol. The van der Waals surface area contributed by atoms with E-state index in [2.05, 4.69) is 10.1 Å². The average molecular weight is 358 g/mol. The number of rotatable bonds is 6. The van der Waals surface area contributed by atoms with Gasteiger partial charge in [-0.3, -0.25) is 9.48 Å². The maximum atomic E-state index is 12.8. The first kappa shape index (κ1) is 16.7. The van der Waals surface area contributed by atoms with Crippen molar-refractivity contribution in [2.45, 2.75) is 17.2 Å². The fourth-order valence-corrected chi connectivity index (χ4v) is 3.95. The maximum Gasteiger partial charge on any atom is 0.255 e. The topological polar surface area (TPSA) is 51.0 Å². The summed E-state index contributed by atoms with van der Waals surface area (Å²) >= 11 is 3.23. The first-order valence-electron chi connectivity index (χ1n) is 7.45. The van der Waals surface area contributed by atoms with Gasteiger partial charge < -0.3 is 4.90 Å². The van der Waals surface area contributed by atoms with Gasteiger partial charge in [-0.15, -0.1) is 23.1 Å². The molecule has 3 rings (SSSR count). The number of hydrogen-bond acceptors (Lipinski definition) is 5. The van der Waals surface area contributed by atoms with Crippen molar-refractivity contribution in [2.75, 3.05) is 7.05 Å². The maximum absolute atomic E-state index is 12.8. The molecule has 0 saturated carbocycles. The van der Waals surface area contributed by atoms with Gasteiger partial charge in [0.25, 0.3) is 5.91 Å². The van der Waals surface area contributed by atoms with Crippen molar-refractivity contribution in [1.29, 1.82) is 0 Å². The molecule has 0 N–H and O–H groups in total. The normalized spacial score (nSPS) is 10.8. The molecule has 5 nitrogen and oxygen atoms in total. The van der Waals surface area contributed by atoms with Gasteiger partial charge in [0.1, 0.15) is 0 Å². The lowest BCUT2D eigenvalue weighted by molar-refractivity contribution is 0.0781. The molecule has 0 atom stereocenters. The molecule has 0 unspecified atom stereocenters. The van der Waals surface area contributed by atoms with Crippen molar-refractivity contribution in [2.24, 2.45) is 7.05 Å². The third-order valence-corrected chi connectivity index (χ3v) is 5.24.